The van der Waals surface area contributed by atoms with E-state index in [1.807, 2.05) is 24.3 Å². The molecule has 1 saturated carbocycles. The maximum atomic E-state index is 5.92. The van der Waals surface area contributed by atoms with E-state index in [-0.39, 0.29) is 18.4 Å². The van der Waals surface area contributed by atoms with Crippen LogP contribution >= 0.6 is 12.4 Å². The lowest BCUT2D eigenvalue weighted by Gasteiger charge is -2.02. The second-order valence-corrected chi connectivity index (χ2v) is 5.34. The minimum Gasteiger partial charge on any atom is -0.497 e. The SMILES string of the molecule is COc1ccc(Cc2noc(C3CCC(N)C3)n2)cc1.Cl. The van der Waals surface area contributed by atoms with Crippen LogP contribution in [-0.4, -0.2) is 23.3 Å². The standard InChI is InChI=1S/C15H19N3O2.ClH/c1-19-13-6-2-10(3-7-13)8-14-17-15(20-18-14)11-4-5-12(16)9-11;/h2-3,6-7,11-12H,4-5,8-9,16H2,1H3;1H. The number of benzene rings is 1. The van der Waals surface area contributed by atoms with Crippen LogP contribution in [0.25, 0.3) is 0 Å². The summed E-state index contributed by atoms with van der Waals surface area (Å²) in [6.45, 7) is 0. The Morgan fingerprint density at radius 1 is 1.29 bits per heavy atom. The van der Waals surface area contributed by atoms with Crippen LogP contribution in [0.5, 0.6) is 5.75 Å². The van der Waals surface area contributed by atoms with Gasteiger partial charge in [-0.25, -0.2) is 0 Å². The molecule has 2 unspecified atom stereocenters. The molecule has 6 heteroatoms. The van der Waals surface area contributed by atoms with Crippen molar-refractivity contribution in [3.8, 4) is 5.75 Å². The number of methoxy groups -OCH3 is 1. The van der Waals surface area contributed by atoms with Gasteiger partial charge in [0.15, 0.2) is 5.82 Å². The Labute approximate surface area is 130 Å². The first-order chi connectivity index (χ1) is 9.74. The van der Waals surface area contributed by atoms with Crippen molar-refractivity contribution in [1.29, 1.82) is 0 Å². The third kappa shape index (κ3) is 3.74. The van der Waals surface area contributed by atoms with Crippen LogP contribution in [0.4, 0.5) is 0 Å². The average molecular weight is 310 g/mol. The van der Waals surface area contributed by atoms with Crippen molar-refractivity contribution in [1.82, 2.24) is 10.1 Å². The Morgan fingerprint density at radius 2 is 2.05 bits per heavy atom. The molecular formula is C15H20ClN3O2. The van der Waals surface area contributed by atoms with Crippen molar-refractivity contribution in [3.05, 3.63) is 41.5 Å². The molecule has 1 aromatic carbocycles. The summed E-state index contributed by atoms with van der Waals surface area (Å²) in [7, 11) is 1.66. The summed E-state index contributed by atoms with van der Waals surface area (Å²) in [4.78, 5) is 4.50. The lowest BCUT2D eigenvalue weighted by Crippen LogP contribution is -2.14. The first kappa shape index (κ1) is 15.8. The highest BCUT2D eigenvalue weighted by molar-refractivity contribution is 5.85. The number of aromatic nitrogens is 2. The number of nitrogens with zero attached hydrogens (tertiary/aromatic N) is 2. The largest absolute Gasteiger partial charge is 0.497 e. The fraction of sp³-hybridized carbons (Fsp3) is 0.467. The van der Waals surface area contributed by atoms with Crippen LogP contribution in [0.2, 0.25) is 0 Å². The topological polar surface area (TPSA) is 74.2 Å². The highest BCUT2D eigenvalue weighted by Gasteiger charge is 2.27. The number of nitrogens with two attached hydrogens (primary N) is 1. The molecule has 1 heterocycles. The molecule has 1 aliphatic rings. The number of rotatable bonds is 4. The molecule has 0 aliphatic heterocycles. The summed E-state index contributed by atoms with van der Waals surface area (Å²) >= 11 is 0. The number of halogens is 1. The van der Waals surface area contributed by atoms with Gasteiger partial charge in [0.2, 0.25) is 5.89 Å². The lowest BCUT2D eigenvalue weighted by atomic mass is 10.1. The summed E-state index contributed by atoms with van der Waals surface area (Å²) < 4.78 is 10.5. The fourth-order valence-corrected chi connectivity index (χ4v) is 2.67. The first-order valence-electron chi connectivity index (χ1n) is 6.95. The summed E-state index contributed by atoms with van der Waals surface area (Å²) in [5.74, 6) is 2.65. The molecule has 3 rings (SSSR count). The second-order valence-electron chi connectivity index (χ2n) is 5.34. The maximum absolute atomic E-state index is 5.92. The van der Waals surface area contributed by atoms with Gasteiger partial charge >= 0.3 is 0 Å². The van der Waals surface area contributed by atoms with Gasteiger partial charge in [0.25, 0.3) is 0 Å². The lowest BCUT2D eigenvalue weighted by molar-refractivity contribution is 0.350. The summed E-state index contributed by atoms with van der Waals surface area (Å²) in [6.07, 6.45) is 3.71. The summed E-state index contributed by atoms with van der Waals surface area (Å²) in [5, 5.41) is 4.07. The molecule has 0 spiro atoms. The Kier molecular flexibility index (Phi) is 5.20. The van der Waals surface area contributed by atoms with Crippen molar-refractivity contribution >= 4 is 12.4 Å². The van der Waals surface area contributed by atoms with E-state index in [0.717, 1.165) is 42.3 Å². The van der Waals surface area contributed by atoms with E-state index in [4.69, 9.17) is 15.0 Å². The smallest absolute Gasteiger partial charge is 0.229 e. The van der Waals surface area contributed by atoms with Gasteiger partial charge < -0.3 is 15.0 Å². The van der Waals surface area contributed by atoms with Gasteiger partial charge in [0.1, 0.15) is 5.75 Å². The van der Waals surface area contributed by atoms with Crippen molar-refractivity contribution in [2.24, 2.45) is 5.73 Å². The van der Waals surface area contributed by atoms with Gasteiger partial charge in [0.05, 0.1) is 7.11 Å². The Bertz CT molecular complexity index is 571. The molecule has 114 valence electrons. The van der Waals surface area contributed by atoms with E-state index in [2.05, 4.69) is 10.1 Å². The third-order valence-corrected chi connectivity index (χ3v) is 3.83. The van der Waals surface area contributed by atoms with Crippen LogP contribution in [0, 0.1) is 0 Å². The molecule has 0 amide bonds. The number of hydrogen-bond acceptors (Lipinski definition) is 5. The Morgan fingerprint density at radius 3 is 2.67 bits per heavy atom. The minimum absolute atomic E-state index is 0. The molecule has 0 bridgehead atoms. The fourth-order valence-electron chi connectivity index (χ4n) is 2.67. The van der Waals surface area contributed by atoms with Gasteiger partial charge in [-0.05, 0) is 37.0 Å². The van der Waals surface area contributed by atoms with Crippen LogP contribution in [0.15, 0.2) is 28.8 Å². The zero-order chi connectivity index (χ0) is 13.9. The zero-order valence-corrected chi connectivity index (χ0v) is 12.8. The first-order valence-corrected chi connectivity index (χ1v) is 6.95. The van der Waals surface area contributed by atoms with Crippen LogP contribution < -0.4 is 10.5 Å². The van der Waals surface area contributed by atoms with Crippen molar-refractivity contribution in [2.75, 3.05) is 7.11 Å². The van der Waals surface area contributed by atoms with E-state index in [1.165, 1.54) is 0 Å². The van der Waals surface area contributed by atoms with E-state index in [1.54, 1.807) is 7.11 Å². The number of ether oxygens (including phenoxy) is 1. The quantitative estimate of drug-likeness (QED) is 0.940. The zero-order valence-electron chi connectivity index (χ0n) is 12.0. The van der Waals surface area contributed by atoms with E-state index in [0.29, 0.717) is 12.3 Å². The van der Waals surface area contributed by atoms with Crippen molar-refractivity contribution in [2.45, 2.75) is 37.6 Å². The minimum atomic E-state index is 0. The van der Waals surface area contributed by atoms with Gasteiger partial charge in [-0.1, -0.05) is 17.3 Å². The third-order valence-electron chi connectivity index (χ3n) is 3.83. The normalized spacial score (nSPS) is 21.0. The van der Waals surface area contributed by atoms with E-state index >= 15 is 0 Å². The molecule has 1 aromatic heterocycles. The van der Waals surface area contributed by atoms with Gasteiger partial charge in [-0.3, -0.25) is 0 Å². The predicted molar refractivity (Wildman–Crippen MR) is 81.9 cm³/mol. The molecular weight excluding hydrogens is 290 g/mol. The molecule has 1 aliphatic carbocycles. The molecule has 2 N–H and O–H groups in total. The highest BCUT2D eigenvalue weighted by atomic mass is 35.5. The van der Waals surface area contributed by atoms with Gasteiger partial charge in [-0.15, -0.1) is 12.4 Å². The highest BCUT2D eigenvalue weighted by Crippen LogP contribution is 2.32. The predicted octanol–water partition coefficient (Wildman–Crippen LogP) is 2.69. The second kappa shape index (κ2) is 6.91. The Balaban J connectivity index is 0.00000161. The molecule has 2 atom stereocenters. The van der Waals surface area contributed by atoms with Crippen molar-refractivity contribution in [3.63, 3.8) is 0 Å². The van der Waals surface area contributed by atoms with Crippen molar-refractivity contribution < 1.29 is 9.26 Å². The molecule has 1 fully saturated rings. The number of hydrogen-bond donors (Lipinski definition) is 1. The summed E-state index contributed by atoms with van der Waals surface area (Å²) in [6, 6.07) is 8.18. The van der Waals surface area contributed by atoms with Crippen LogP contribution in [0.1, 0.15) is 42.5 Å². The molecule has 5 nitrogen and oxygen atoms in total. The monoisotopic (exact) mass is 309 g/mol. The summed E-state index contributed by atoms with van der Waals surface area (Å²) in [5.41, 5.74) is 7.06. The van der Waals surface area contributed by atoms with E-state index < -0.39 is 0 Å². The van der Waals surface area contributed by atoms with Crippen LogP contribution in [-0.2, 0) is 6.42 Å². The van der Waals surface area contributed by atoms with Gasteiger partial charge in [0, 0.05) is 18.4 Å². The van der Waals surface area contributed by atoms with Gasteiger partial charge in [-0.2, -0.15) is 4.98 Å². The molecule has 0 saturated heterocycles. The molecule has 0 radical (unpaired) electrons. The van der Waals surface area contributed by atoms with Crippen LogP contribution in [0.3, 0.4) is 0 Å². The van der Waals surface area contributed by atoms with E-state index in [9.17, 15) is 0 Å². The Hall–Kier alpha value is -1.59. The maximum Gasteiger partial charge on any atom is 0.229 e. The average Bonchev–Trinajstić information content (AvgIpc) is 3.09. The molecule has 21 heavy (non-hydrogen) atoms. The molecule has 2 aromatic rings.